The zero-order valence-corrected chi connectivity index (χ0v) is 15.8. The van der Waals surface area contributed by atoms with Gasteiger partial charge in [0.25, 0.3) is 0 Å². The van der Waals surface area contributed by atoms with E-state index in [1.165, 1.54) is 33.2 Å². The van der Waals surface area contributed by atoms with Crippen LogP contribution in [-0.4, -0.2) is 44.7 Å². The summed E-state index contributed by atoms with van der Waals surface area (Å²) >= 11 is 0. The van der Waals surface area contributed by atoms with Gasteiger partial charge in [0.05, 0.1) is 27.0 Å². The number of benzene rings is 1. The maximum atomic E-state index is 12.3. The first kappa shape index (κ1) is 20.0. The van der Waals surface area contributed by atoms with Gasteiger partial charge in [-0.1, -0.05) is 0 Å². The summed E-state index contributed by atoms with van der Waals surface area (Å²) in [6.07, 6.45) is 3.30. The van der Waals surface area contributed by atoms with Gasteiger partial charge in [-0.15, -0.1) is 0 Å². The highest BCUT2D eigenvalue weighted by Gasteiger charge is 2.21. The summed E-state index contributed by atoms with van der Waals surface area (Å²) in [7, 11) is 4.47. The van der Waals surface area contributed by atoms with Crippen molar-refractivity contribution in [3.8, 4) is 17.2 Å². The maximum Gasteiger partial charge on any atom is 0.240 e. The number of carbonyl (C=O) groups excluding carboxylic acids is 2. The zero-order valence-electron chi connectivity index (χ0n) is 15.8. The molecular weight excluding hydrogens is 350 g/mol. The molecule has 0 aliphatic rings. The van der Waals surface area contributed by atoms with E-state index in [0.29, 0.717) is 29.5 Å². The number of amides is 2. The Morgan fingerprint density at radius 1 is 1.04 bits per heavy atom. The Morgan fingerprint density at radius 3 is 2.11 bits per heavy atom. The van der Waals surface area contributed by atoms with Crippen LogP contribution in [0.2, 0.25) is 0 Å². The van der Waals surface area contributed by atoms with Gasteiger partial charge >= 0.3 is 0 Å². The smallest absolute Gasteiger partial charge is 0.240 e. The molecule has 0 fully saturated rings. The lowest BCUT2D eigenvalue weighted by molar-refractivity contribution is -0.123. The second-order valence-corrected chi connectivity index (χ2v) is 5.62. The number of hydrogen-bond donors (Lipinski definition) is 1. The lowest BCUT2D eigenvalue weighted by Gasteiger charge is -2.23. The standard InChI is InChI=1S/C19H23N3O5/c1-13(23)22(12-18(24)21-11-14-5-7-20-8-6-14)15-9-16(25-2)19(27-4)17(10-15)26-3/h5-10H,11-12H2,1-4H3,(H,21,24). The number of pyridine rings is 1. The number of nitrogens with zero attached hydrogens (tertiary/aromatic N) is 2. The van der Waals surface area contributed by atoms with Crippen molar-refractivity contribution in [3.05, 3.63) is 42.2 Å². The average molecular weight is 373 g/mol. The molecule has 1 N–H and O–H groups in total. The molecule has 1 heterocycles. The summed E-state index contributed by atoms with van der Waals surface area (Å²) in [4.78, 5) is 29.7. The molecule has 2 rings (SSSR count). The Balaban J connectivity index is 2.19. The van der Waals surface area contributed by atoms with E-state index in [4.69, 9.17) is 14.2 Å². The zero-order chi connectivity index (χ0) is 19.8. The van der Waals surface area contributed by atoms with E-state index >= 15 is 0 Å². The van der Waals surface area contributed by atoms with E-state index in [2.05, 4.69) is 10.3 Å². The summed E-state index contributed by atoms with van der Waals surface area (Å²) in [5.74, 6) is 0.624. The fraction of sp³-hybridized carbons (Fsp3) is 0.316. The highest BCUT2D eigenvalue weighted by atomic mass is 16.5. The molecule has 0 spiro atoms. The van der Waals surface area contributed by atoms with Crippen LogP contribution in [0.3, 0.4) is 0 Å². The third-order valence-electron chi connectivity index (χ3n) is 3.88. The number of ether oxygens (including phenoxy) is 3. The quantitative estimate of drug-likeness (QED) is 0.759. The van der Waals surface area contributed by atoms with Crippen LogP contribution in [0, 0.1) is 0 Å². The van der Waals surface area contributed by atoms with Crippen LogP contribution in [0.15, 0.2) is 36.7 Å². The van der Waals surface area contributed by atoms with Gasteiger partial charge in [-0.05, 0) is 17.7 Å². The number of anilines is 1. The number of aromatic nitrogens is 1. The van der Waals surface area contributed by atoms with Gasteiger partial charge in [-0.2, -0.15) is 0 Å². The SMILES string of the molecule is COc1cc(N(CC(=O)NCc2ccncc2)C(C)=O)cc(OC)c1OC. The molecule has 0 saturated heterocycles. The van der Waals surface area contributed by atoms with Crippen molar-refractivity contribution < 1.29 is 23.8 Å². The summed E-state index contributed by atoms with van der Waals surface area (Å²) < 4.78 is 15.9. The topological polar surface area (TPSA) is 90.0 Å². The van der Waals surface area contributed by atoms with E-state index in [-0.39, 0.29) is 18.4 Å². The Morgan fingerprint density at radius 2 is 1.63 bits per heavy atom. The van der Waals surface area contributed by atoms with Gasteiger partial charge < -0.3 is 24.4 Å². The fourth-order valence-corrected chi connectivity index (χ4v) is 2.51. The Hall–Kier alpha value is -3.29. The Labute approximate surface area is 158 Å². The first-order valence-corrected chi connectivity index (χ1v) is 8.23. The van der Waals surface area contributed by atoms with Crippen LogP contribution in [0.4, 0.5) is 5.69 Å². The van der Waals surface area contributed by atoms with Gasteiger partial charge in [0, 0.05) is 38.0 Å². The lowest BCUT2D eigenvalue weighted by atomic mass is 10.2. The largest absolute Gasteiger partial charge is 0.493 e. The van der Waals surface area contributed by atoms with Crippen LogP contribution in [0.1, 0.15) is 12.5 Å². The van der Waals surface area contributed by atoms with Crippen molar-refractivity contribution in [2.75, 3.05) is 32.8 Å². The predicted molar refractivity (Wildman–Crippen MR) is 100 cm³/mol. The maximum absolute atomic E-state index is 12.3. The van der Waals surface area contributed by atoms with Crippen molar-refractivity contribution in [1.82, 2.24) is 10.3 Å². The molecule has 8 nitrogen and oxygen atoms in total. The minimum atomic E-state index is -0.296. The van der Waals surface area contributed by atoms with E-state index < -0.39 is 0 Å². The number of nitrogens with one attached hydrogen (secondary N) is 1. The van der Waals surface area contributed by atoms with Crippen molar-refractivity contribution in [3.63, 3.8) is 0 Å². The predicted octanol–water partition coefficient (Wildman–Crippen LogP) is 1.78. The van der Waals surface area contributed by atoms with E-state index in [1.54, 1.807) is 24.5 Å². The van der Waals surface area contributed by atoms with Gasteiger partial charge in [0.2, 0.25) is 17.6 Å². The van der Waals surface area contributed by atoms with E-state index in [1.807, 2.05) is 12.1 Å². The summed E-state index contributed by atoms with van der Waals surface area (Å²) in [6, 6.07) is 6.86. The number of hydrogen-bond acceptors (Lipinski definition) is 6. The van der Waals surface area contributed by atoms with Crippen molar-refractivity contribution in [1.29, 1.82) is 0 Å². The van der Waals surface area contributed by atoms with Gasteiger partial charge in [-0.3, -0.25) is 14.6 Å². The number of rotatable bonds is 8. The molecule has 0 unspecified atom stereocenters. The summed E-state index contributed by atoms with van der Waals surface area (Å²) in [5.41, 5.74) is 1.39. The third kappa shape index (κ3) is 5.10. The molecule has 27 heavy (non-hydrogen) atoms. The van der Waals surface area contributed by atoms with Crippen LogP contribution >= 0.6 is 0 Å². The molecule has 0 aliphatic heterocycles. The molecule has 2 aromatic rings. The minimum Gasteiger partial charge on any atom is -0.493 e. The average Bonchev–Trinajstić information content (AvgIpc) is 2.69. The van der Waals surface area contributed by atoms with Crippen molar-refractivity contribution in [2.24, 2.45) is 0 Å². The van der Waals surface area contributed by atoms with Crippen LogP contribution in [0.5, 0.6) is 17.2 Å². The molecule has 0 bridgehead atoms. The Bertz CT molecular complexity index is 770. The van der Waals surface area contributed by atoms with Gasteiger partial charge in [-0.25, -0.2) is 0 Å². The highest BCUT2D eigenvalue weighted by molar-refractivity contribution is 5.98. The molecule has 0 atom stereocenters. The normalized spacial score (nSPS) is 10.1. The molecule has 8 heteroatoms. The molecule has 0 saturated carbocycles. The molecule has 1 aromatic carbocycles. The van der Waals surface area contributed by atoms with Crippen molar-refractivity contribution in [2.45, 2.75) is 13.5 Å². The van der Waals surface area contributed by atoms with Crippen molar-refractivity contribution >= 4 is 17.5 Å². The lowest BCUT2D eigenvalue weighted by Crippen LogP contribution is -2.39. The minimum absolute atomic E-state index is 0.140. The van der Waals surface area contributed by atoms with Gasteiger partial charge in [0.1, 0.15) is 6.54 Å². The molecule has 1 aromatic heterocycles. The molecule has 0 radical (unpaired) electrons. The Kier molecular flexibility index (Phi) is 6.99. The molecular formula is C19H23N3O5. The second kappa shape index (κ2) is 9.42. The molecule has 144 valence electrons. The molecule has 0 aliphatic carbocycles. The van der Waals surface area contributed by atoms with Crippen LogP contribution in [-0.2, 0) is 16.1 Å². The van der Waals surface area contributed by atoms with Crippen LogP contribution in [0.25, 0.3) is 0 Å². The number of methoxy groups -OCH3 is 3. The highest BCUT2D eigenvalue weighted by Crippen LogP contribution is 2.41. The first-order valence-electron chi connectivity index (χ1n) is 8.23. The number of carbonyl (C=O) groups is 2. The van der Waals surface area contributed by atoms with Gasteiger partial charge in [0.15, 0.2) is 11.5 Å². The third-order valence-corrected chi connectivity index (χ3v) is 3.88. The first-order chi connectivity index (χ1) is 13.0. The fourth-order valence-electron chi connectivity index (χ4n) is 2.51. The van der Waals surface area contributed by atoms with E-state index in [0.717, 1.165) is 5.56 Å². The monoisotopic (exact) mass is 373 g/mol. The summed E-state index contributed by atoms with van der Waals surface area (Å²) in [6.45, 7) is 1.60. The van der Waals surface area contributed by atoms with E-state index in [9.17, 15) is 9.59 Å². The summed E-state index contributed by atoms with van der Waals surface area (Å²) in [5, 5.41) is 2.79. The van der Waals surface area contributed by atoms with Crippen LogP contribution < -0.4 is 24.4 Å². The second-order valence-electron chi connectivity index (χ2n) is 5.62. The molecule has 2 amide bonds.